The molecule has 21 heavy (non-hydrogen) atoms. The summed E-state index contributed by atoms with van der Waals surface area (Å²) in [7, 11) is 0. The summed E-state index contributed by atoms with van der Waals surface area (Å²) in [6.45, 7) is 1.83. The molecular formula is C17H18BrNO2. The first-order valence-electron chi connectivity index (χ1n) is 7.10. The Morgan fingerprint density at radius 1 is 1.05 bits per heavy atom. The van der Waals surface area contributed by atoms with Crippen molar-refractivity contribution in [1.82, 2.24) is 0 Å². The molecule has 2 aromatic carbocycles. The molecular weight excluding hydrogens is 330 g/mol. The Balaban J connectivity index is 1.82. The minimum absolute atomic E-state index is 0.273. The van der Waals surface area contributed by atoms with Crippen molar-refractivity contribution in [2.24, 2.45) is 5.73 Å². The van der Waals surface area contributed by atoms with Crippen molar-refractivity contribution in [2.75, 3.05) is 19.8 Å². The van der Waals surface area contributed by atoms with E-state index in [1.807, 2.05) is 12.1 Å². The average molecular weight is 348 g/mol. The van der Waals surface area contributed by atoms with Crippen molar-refractivity contribution < 1.29 is 9.47 Å². The predicted octanol–water partition coefficient (Wildman–Crippen LogP) is 3.51. The quantitative estimate of drug-likeness (QED) is 0.920. The molecule has 2 aromatic rings. The Morgan fingerprint density at radius 2 is 1.86 bits per heavy atom. The third-order valence-corrected chi connectivity index (χ3v) is 4.19. The van der Waals surface area contributed by atoms with E-state index in [1.54, 1.807) is 0 Å². The van der Waals surface area contributed by atoms with Crippen LogP contribution in [0.25, 0.3) is 0 Å². The maximum Gasteiger partial charge on any atom is 0.161 e. The summed E-state index contributed by atoms with van der Waals surface area (Å²) in [4.78, 5) is 0. The van der Waals surface area contributed by atoms with Gasteiger partial charge < -0.3 is 15.2 Å². The largest absolute Gasteiger partial charge is 0.486 e. The Kier molecular flexibility index (Phi) is 4.46. The van der Waals surface area contributed by atoms with E-state index in [4.69, 9.17) is 15.2 Å². The number of fused-ring (bicyclic) bond motifs is 1. The van der Waals surface area contributed by atoms with Gasteiger partial charge in [-0.05, 0) is 48.4 Å². The summed E-state index contributed by atoms with van der Waals surface area (Å²) in [6, 6.07) is 14.5. The highest BCUT2D eigenvalue weighted by molar-refractivity contribution is 9.10. The van der Waals surface area contributed by atoms with E-state index in [9.17, 15) is 0 Å². The molecule has 110 valence electrons. The standard InChI is InChI=1S/C17H18BrNO2/c18-15-3-1-2-12(9-15)8-14(11-19)13-4-5-16-17(10-13)21-7-6-20-16/h1-5,9-10,14H,6-8,11,19H2. The van der Waals surface area contributed by atoms with Gasteiger partial charge in [0.1, 0.15) is 13.2 Å². The average Bonchev–Trinajstić information content (AvgIpc) is 2.52. The lowest BCUT2D eigenvalue weighted by molar-refractivity contribution is 0.171. The molecule has 4 heteroatoms. The van der Waals surface area contributed by atoms with Crippen molar-refractivity contribution >= 4 is 15.9 Å². The van der Waals surface area contributed by atoms with Crippen LogP contribution in [0.15, 0.2) is 46.9 Å². The van der Waals surface area contributed by atoms with Crippen LogP contribution < -0.4 is 15.2 Å². The molecule has 0 bridgehead atoms. The number of ether oxygens (including phenoxy) is 2. The molecule has 0 saturated carbocycles. The molecule has 2 N–H and O–H groups in total. The normalized spacial score (nSPS) is 14.8. The van der Waals surface area contributed by atoms with Gasteiger partial charge in [0, 0.05) is 10.4 Å². The second-order valence-corrected chi connectivity index (χ2v) is 6.09. The SMILES string of the molecule is NCC(Cc1cccc(Br)c1)c1ccc2c(c1)OCCO2. The molecule has 0 saturated heterocycles. The van der Waals surface area contributed by atoms with E-state index in [1.165, 1.54) is 11.1 Å². The number of hydrogen-bond donors (Lipinski definition) is 1. The van der Waals surface area contributed by atoms with Crippen LogP contribution in [0.1, 0.15) is 17.0 Å². The molecule has 3 nitrogen and oxygen atoms in total. The summed E-state index contributed by atoms with van der Waals surface area (Å²) in [5, 5.41) is 0. The lowest BCUT2D eigenvalue weighted by atomic mass is 9.92. The van der Waals surface area contributed by atoms with Crippen molar-refractivity contribution in [3.8, 4) is 11.5 Å². The smallest absolute Gasteiger partial charge is 0.161 e. The van der Waals surface area contributed by atoms with E-state index < -0.39 is 0 Å². The van der Waals surface area contributed by atoms with Gasteiger partial charge in [0.05, 0.1) is 0 Å². The van der Waals surface area contributed by atoms with Crippen LogP contribution in [-0.2, 0) is 6.42 Å². The molecule has 3 rings (SSSR count). The molecule has 1 atom stereocenters. The van der Waals surface area contributed by atoms with Crippen molar-refractivity contribution in [2.45, 2.75) is 12.3 Å². The molecule has 1 unspecified atom stereocenters. The lowest BCUT2D eigenvalue weighted by Crippen LogP contribution is -2.18. The third-order valence-electron chi connectivity index (χ3n) is 3.69. The van der Waals surface area contributed by atoms with Crippen molar-refractivity contribution in [3.63, 3.8) is 0 Å². The maximum absolute atomic E-state index is 5.98. The number of hydrogen-bond acceptors (Lipinski definition) is 3. The number of rotatable bonds is 4. The van der Waals surface area contributed by atoms with Gasteiger partial charge in [-0.3, -0.25) is 0 Å². The zero-order valence-electron chi connectivity index (χ0n) is 11.7. The van der Waals surface area contributed by atoms with Gasteiger partial charge in [-0.1, -0.05) is 34.1 Å². The van der Waals surface area contributed by atoms with Crippen LogP contribution in [0, 0.1) is 0 Å². The summed E-state index contributed by atoms with van der Waals surface area (Å²) in [5.41, 5.74) is 8.45. The fourth-order valence-electron chi connectivity index (χ4n) is 2.60. The minimum atomic E-state index is 0.273. The molecule has 1 heterocycles. The topological polar surface area (TPSA) is 44.5 Å². The molecule has 0 aliphatic carbocycles. The van der Waals surface area contributed by atoms with Gasteiger partial charge in [-0.25, -0.2) is 0 Å². The summed E-state index contributed by atoms with van der Waals surface area (Å²) in [6.07, 6.45) is 0.912. The third kappa shape index (κ3) is 3.39. The molecule has 1 aliphatic heterocycles. The molecule has 0 spiro atoms. The Morgan fingerprint density at radius 3 is 2.62 bits per heavy atom. The van der Waals surface area contributed by atoms with Gasteiger partial charge in [-0.2, -0.15) is 0 Å². The van der Waals surface area contributed by atoms with Crippen LogP contribution >= 0.6 is 15.9 Å². The first-order chi connectivity index (χ1) is 10.3. The summed E-state index contributed by atoms with van der Waals surface area (Å²) in [5.74, 6) is 1.92. The molecule has 0 aromatic heterocycles. The predicted molar refractivity (Wildman–Crippen MR) is 87.1 cm³/mol. The van der Waals surface area contributed by atoms with E-state index in [-0.39, 0.29) is 5.92 Å². The second-order valence-electron chi connectivity index (χ2n) is 5.17. The van der Waals surface area contributed by atoms with Crippen LogP contribution in [-0.4, -0.2) is 19.8 Å². The zero-order chi connectivity index (χ0) is 14.7. The van der Waals surface area contributed by atoms with Crippen LogP contribution in [0.4, 0.5) is 0 Å². The van der Waals surface area contributed by atoms with Crippen molar-refractivity contribution in [1.29, 1.82) is 0 Å². The van der Waals surface area contributed by atoms with Gasteiger partial charge in [0.25, 0.3) is 0 Å². The Hall–Kier alpha value is -1.52. The molecule has 0 radical (unpaired) electrons. The van der Waals surface area contributed by atoms with Gasteiger partial charge in [-0.15, -0.1) is 0 Å². The summed E-state index contributed by atoms with van der Waals surface area (Å²) < 4.78 is 12.3. The van der Waals surface area contributed by atoms with Gasteiger partial charge in [0.15, 0.2) is 11.5 Å². The van der Waals surface area contributed by atoms with Crippen LogP contribution in [0.3, 0.4) is 0 Å². The highest BCUT2D eigenvalue weighted by Gasteiger charge is 2.16. The van der Waals surface area contributed by atoms with Crippen LogP contribution in [0.5, 0.6) is 11.5 Å². The first kappa shape index (κ1) is 14.4. The molecule has 1 aliphatic rings. The molecule has 0 fully saturated rings. The monoisotopic (exact) mass is 347 g/mol. The van der Waals surface area contributed by atoms with Gasteiger partial charge in [0.2, 0.25) is 0 Å². The Bertz CT molecular complexity index is 630. The summed E-state index contributed by atoms with van der Waals surface area (Å²) >= 11 is 3.51. The zero-order valence-corrected chi connectivity index (χ0v) is 13.3. The second kappa shape index (κ2) is 6.50. The highest BCUT2D eigenvalue weighted by atomic mass is 79.9. The number of nitrogens with two attached hydrogens (primary N) is 1. The van der Waals surface area contributed by atoms with Crippen molar-refractivity contribution in [3.05, 3.63) is 58.1 Å². The van der Waals surface area contributed by atoms with E-state index in [2.05, 4.69) is 46.3 Å². The van der Waals surface area contributed by atoms with Gasteiger partial charge >= 0.3 is 0 Å². The maximum atomic E-state index is 5.98. The molecule has 0 amide bonds. The fraction of sp³-hybridized carbons (Fsp3) is 0.294. The van der Waals surface area contributed by atoms with Crippen LogP contribution in [0.2, 0.25) is 0 Å². The number of benzene rings is 2. The van der Waals surface area contributed by atoms with E-state index in [0.717, 1.165) is 22.4 Å². The lowest BCUT2D eigenvalue weighted by Gasteiger charge is -2.21. The fourth-order valence-corrected chi connectivity index (χ4v) is 3.05. The number of halogens is 1. The minimum Gasteiger partial charge on any atom is -0.486 e. The Labute approximate surface area is 133 Å². The first-order valence-corrected chi connectivity index (χ1v) is 7.89. The van der Waals surface area contributed by atoms with E-state index >= 15 is 0 Å². The highest BCUT2D eigenvalue weighted by Crippen LogP contribution is 2.34. The van der Waals surface area contributed by atoms with E-state index in [0.29, 0.717) is 19.8 Å².